The number of para-hydroxylation sites is 1. The van der Waals surface area contributed by atoms with E-state index in [1.807, 2.05) is 54.6 Å². The van der Waals surface area contributed by atoms with Crippen LogP contribution in [0.1, 0.15) is 32.7 Å². The molecule has 2 heterocycles. The van der Waals surface area contributed by atoms with Crippen molar-refractivity contribution in [2.75, 3.05) is 6.54 Å². The number of quaternary nitrogens is 1. The van der Waals surface area contributed by atoms with Gasteiger partial charge in [0.25, 0.3) is 0 Å². The van der Waals surface area contributed by atoms with Gasteiger partial charge >= 0.3 is 0 Å². The Morgan fingerprint density at radius 2 is 1.73 bits per heavy atom. The molecule has 1 N–H and O–H groups in total. The van der Waals surface area contributed by atoms with E-state index >= 15 is 0 Å². The maximum absolute atomic E-state index is 12.3. The molecule has 6 heteroatoms. The van der Waals surface area contributed by atoms with E-state index in [-0.39, 0.29) is 5.56 Å². The predicted octanol–water partition coefficient (Wildman–Crippen LogP) is 4.04. The van der Waals surface area contributed by atoms with Gasteiger partial charge in [0.15, 0.2) is 0 Å². The molecule has 1 atom stereocenters. The minimum atomic E-state index is -1.19. The van der Waals surface area contributed by atoms with Gasteiger partial charge in [-0.3, -0.25) is 0 Å². The fourth-order valence-corrected chi connectivity index (χ4v) is 4.90. The van der Waals surface area contributed by atoms with Crippen molar-refractivity contribution < 1.29 is 14.8 Å². The highest BCUT2D eigenvalue weighted by Gasteiger charge is 2.29. The highest BCUT2D eigenvalue weighted by atomic mass is 35.5. The molecule has 0 amide bonds. The summed E-state index contributed by atoms with van der Waals surface area (Å²) in [7, 11) is 0. The first-order valence-electron chi connectivity index (χ1n) is 10.7. The molecule has 3 aromatic carbocycles. The number of halogens is 2. The number of carbonyl (C=O) groups excluding carboxylic acids is 1. The van der Waals surface area contributed by atoms with E-state index in [1.54, 1.807) is 12.1 Å². The smallest absolute Gasteiger partial charge is 0.106 e. The van der Waals surface area contributed by atoms with Crippen molar-refractivity contribution in [2.45, 2.75) is 13.1 Å². The lowest BCUT2D eigenvalue weighted by atomic mass is 9.91. The minimum Gasteiger partial charge on any atom is -0.545 e. The molecule has 0 fully saturated rings. The van der Waals surface area contributed by atoms with Crippen LogP contribution in [0, 0.1) is 0 Å². The number of carbonyl (C=O) groups is 1. The van der Waals surface area contributed by atoms with Crippen molar-refractivity contribution in [3.63, 3.8) is 0 Å². The lowest BCUT2D eigenvalue weighted by molar-refractivity contribution is -0.921. The lowest BCUT2D eigenvalue weighted by Crippen LogP contribution is -3.10. The second-order valence-corrected chi connectivity index (χ2v) is 8.98. The van der Waals surface area contributed by atoms with Crippen molar-refractivity contribution in [2.24, 2.45) is 0 Å². The quantitative estimate of drug-likeness (QED) is 0.485. The second-order valence-electron chi connectivity index (χ2n) is 8.20. The lowest BCUT2D eigenvalue weighted by Gasteiger charge is -2.30. The van der Waals surface area contributed by atoms with Gasteiger partial charge < -0.3 is 14.8 Å². The molecular formula is C27H20Cl2N2O2. The van der Waals surface area contributed by atoms with E-state index in [0.717, 1.165) is 17.7 Å². The van der Waals surface area contributed by atoms with Crippen LogP contribution in [0.3, 0.4) is 0 Å². The Kier molecular flexibility index (Phi) is 5.90. The third-order valence-electron chi connectivity index (χ3n) is 5.98. The van der Waals surface area contributed by atoms with Crippen LogP contribution in [-0.2, 0) is 13.1 Å². The molecule has 0 saturated heterocycles. The summed E-state index contributed by atoms with van der Waals surface area (Å²) in [4.78, 5) is 18.4. The highest BCUT2D eigenvalue weighted by Crippen LogP contribution is 2.32. The van der Waals surface area contributed by atoms with Crippen LogP contribution in [0.15, 0.2) is 72.8 Å². The first-order chi connectivity index (χ1) is 16.0. The van der Waals surface area contributed by atoms with Gasteiger partial charge in [-0.15, -0.1) is 0 Å². The molecule has 0 bridgehead atoms. The van der Waals surface area contributed by atoms with Crippen LogP contribution in [0.2, 0.25) is 10.0 Å². The summed E-state index contributed by atoms with van der Waals surface area (Å²) in [6.07, 6.45) is 1.97. The number of hydrogen-bond donors (Lipinski definition) is 1. The number of carboxylic acid groups (broad SMARTS) is 1. The van der Waals surface area contributed by atoms with Crippen LogP contribution in [0.4, 0.5) is 0 Å². The first-order valence-corrected chi connectivity index (χ1v) is 11.4. The molecule has 0 spiro atoms. The number of aromatic carboxylic acids is 1. The summed E-state index contributed by atoms with van der Waals surface area (Å²) >= 11 is 12.7. The SMILES string of the molecule is O=C([O-])c1c2c(nc3ccccc13)/C(=C/c1cccc(Cl)c1Cl)C[NH+](Cc1ccccc1)C2. The van der Waals surface area contributed by atoms with Crippen LogP contribution in [-0.4, -0.2) is 17.5 Å². The molecule has 0 aliphatic carbocycles. The van der Waals surface area contributed by atoms with Gasteiger partial charge in [-0.05, 0) is 23.8 Å². The number of aromatic nitrogens is 1. The third kappa shape index (κ3) is 4.25. The van der Waals surface area contributed by atoms with Crippen molar-refractivity contribution in [1.82, 2.24) is 4.98 Å². The van der Waals surface area contributed by atoms with Crippen molar-refractivity contribution >= 4 is 51.7 Å². The van der Waals surface area contributed by atoms with Gasteiger partial charge in [-0.1, -0.05) is 83.9 Å². The Morgan fingerprint density at radius 1 is 0.970 bits per heavy atom. The monoisotopic (exact) mass is 474 g/mol. The molecule has 0 radical (unpaired) electrons. The molecule has 0 saturated carbocycles. The Bertz CT molecular complexity index is 1400. The second kappa shape index (κ2) is 8.99. The van der Waals surface area contributed by atoms with E-state index in [4.69, 9.17) is 28.2 Å². The Labute approximate surface area is 201 Å². The maximum atomic E-state index is 12.3. The fraction of sp³-hybridized carbons (Fsp3) is 0.111. The zero-order valence-corrected chi connectivity index (χ0v) is 19.2. The Balaban J connectivity index is 1.71. The number of fused-ring (bicyclic) bond motifs is 2. The molecule has 4 nitrogen and oxygen atoms in total. The molecular weight excluding hydrogens is 455 g/mol. The predicted molar refractivity (Wildman–Crippen MR) is 130 cm³/mol. The van der Waals surface area contributed by atoms with Crippen LogP contribution in [0.25, 0.3) is 22.6 Å². The van der Waals surface area contributed by atoms with Crippen molar-refractivity contribution in [3.05, 3.63) is 111 Å². The number of pyridine rings is 1. The van der Waals surface area contributed by atoms with E-state index in [9.17, 15) is 9.90 Å². The van der Waals surface area contributed by atoms with Crippen LogP contribution >= 0.6 is 23.2 Å². The summed E-state index contributed by atoms with van der Waals surface area (Å²) < 4.78 is 0. The number of nitrogens with one attached hydrogen (secondary N) is 1. The fourth-order valence-electron chi connectivity index (χ4n) is 4.54. The average molecular weight is 475 g/mol. The first kappa shape index (κ1) is 21.7. The highest BCUT2D eigenvalue weighted by molar-refractivity contribution is 6.43. The van der Waals surface area contributed by atoms with Gasteiger partial charge in [-0.25, -0.2) is 4.98 Å². The number of carboxylic acids is 1. The van der Waals surface area contributed by atoms with Gasteiger partial charge in [0.2, 0.25) is 0 Å². The zero-order chi connectivity index (χ0) is 22.9. The molecule has 4 aromatic rings. The third-order valence-corrected chi connectivity index (χ3v) is 6.81. The number of rotatable bonds is 4. The summed E-state index contributed by atoms with van der Waals surface area (Å²) in [6, 6.07) is 23.0. The molecule has 1 unspecified atom stereocenters. The Morgan fingerprint density at radius 3 is 2.52 bits per heavy atom. The molecule has 1 aliphatic rings. The summed E-state index contributed by atoms with van der Waals surface area (Å²) in [5.74, 6) is -1.19. The molecule has 1 aromatic heterocycles. The van der Waals surface area contributed by atoms with E-state index < -0.39 is 5.97 Å². The average Bonchev–Trinajstić information content (AvgIpc) is 2.81. The van der Waals surface area contributed by atoms with Gasteiger partial charge in [0, 0.05) is 27.6 Å². The standard InChI is InChI=1S/C27H20Cl2N2O2/c28-22-11-6-9-18(25(22)29)13-19-15-31(14-17-7-2-1-3-8-17)16-21-24(27(32)33)20-10-4-5-12-23(20)30-26(19)21/h1-13H,14-16H2,(H,32,33)/b19-13+. The van der Waals surface area contributed by atoms with E-state index in [0.29, 0.717) is 45.3 Å². The van der Waals surface area contributed by atoms with Gasteiger partial charge in [0.1, 0.15) is 19.6 Å². The van der Waals surface area contributed by atoms with Crippen LogP contribution < -0.4 is 10.0 Å². The van der Waals surface area contributed by atoms with Gasteiger partial charge in [0.05, 0.1) is 27.2 Å². The molecule has 33 heavy (non-hydrogen) atoms. The topological polar surface area (TPSA) is 57.5 Å². The molecule has 5 rings (SSSR count). The number of hydrogen-bond acceptors (Lipinski definition) is 3. The van der Waals surface area contributed by atoms with Crippen molar-refractivity contribution in [1.29, 1.82) is 0 Å². The summed E-state index contributed by atoms with van der Waals surface area (Å²) in [5, 5.41) is 13.8. The number of benzene rings is 3. The molecule has 1 aliphatic heterocycles. The Hall–Kier alpha value is -3.18. The minimum absolute atomic E-state index is 0.212. The van der Waals surface area contributed by atoms with Gasteiger partial charge in [-0.2, -0.15) is 0 Å². The largest absolute Gasteiger partial charge is 0.545 e. The van der Waals surface area contributed by atoms with E-state index in [1.165, 1.54) is 10.5 Å². The summed E-state index contributed by atoms with van der Waals surface area (Å²) in [5.41, 5.74) is 5.08. The normalized spacial score (nSPS) is 16.7. The summed E-state index contributed by atoms with van der Waals surface area (Å²) in [6.45, 7) is 1.95. The number of nitrogens with zero attached hydrogens (tertiary/aromatic N) is 1. The van der Waals surface area contributed by atoms with E-state index in [2.05, 4.69) is 12.1 Å². The maximum Gasteiger partial charge on any atom is 0.106 e. The van der Waals surface area contributed by atoms with Crippen molar-refractivity contribution in [3.8, 4) is 0 Å². The van der Waals surface area contributed by atoms with Crippen LogP contribution in [0.5, 0.6) is 0 Å². The molecule has 164 valence electrons. The zero-order valence-electron chi connectivity index (χ0n) is 17.6.